The van der Waals surface area contributed by atoms with Crippen LogP contribution in [0.15, 0.2) is 11.1 Å². The summed E-state index contributed by atoms with van der Waals surface area (Å²) < 4.78 is 4.94. The summed E-state index contributed by atoms with van der Waals surface area (Å²) in [5, 5.41) is 5.99. The zero-order valence-corrected chi connectivity index (χ0v) is 9.02. The second-order valence-corrected chi connectivity index (χ2v) is 3.66. The zero-order valence-electron chi connectivity index (χ0n) is 9.02. The molecule has 1 atom stereocenters. The van der Waals surface area contributed by atoms with Crippen LogP contribution in [0.4, 0.5) is 0 Å². The van der Waals surface area contributed by atoms with Gasteiger partial charge in [-0.2, -0.15) is 0 Å². The summed E-state index contributed by atoms with van der Waals surface area (Å²) in [4.78, 5) is 11.6. The number of carbonyl (C=O) groups is 1. The van der Waals surface area contributed by atoms with Crippen molar-refractivity contribution in [3.8, 4) is 0 Å². The SMILES string of the molecule is COCC(C)NC(=O)C(C)=C1CNC1. The highest BCUT2D eigenvalue weighted by Crippen LogP contribution is 2.08. The van der Waals surface area contributed by atoms with Gasteiger partial charge in [0.1, 0.15) is 0 Å². The minimum Gasteiger partial charge on any atom is -0.383 e. The average molecular weight is 198 g/mol. The Kier molecular flexibility index (Phi) is 4.10. The summed E-state index contributed by atoms with van der Waals surface area (Å²) in [5.41, 5.74) is 2.04. The van der Waals surface area contributed by atoms with Crippen molar-refractivity contribution < 1.29 is 9.53 Å². The van der Waals surface area contributed by atoms with Crippen LogP contribution in [0.1, 0.15) is 13.8 Å². The highest BCUT2D eigenvalue weighted by atomic mass is 16.5. The molecule has 0 aliphatic carbocycles. The van der Waals surface area contributed by atoms with Crippen LogP contribution in [-0.4, -0.2) is 38.8 Å². The number of hydrogen-bond donors (Lipinski definition) is 2. The lowest BCUT2D eigenvalue weighted by molar-refractivity contribution is -0.118. The summed E-state index contributed by atoms with van der Waals surface area (Å²) in [6.45, 7) is 6.03. The molecule has 0 bridgehead atoms. The lowest BCUT2D eigenvalue weighted by atomic mass is 10.0. The first kappa shape index (κ1) is 11.2. The summed E-state index contributed by atoms with van der Waals surface area (Å²) in [6.07, 6.45) is 0. The maximum absolute atomic E-state index is 11.6. The van der Waals surface area contributed by atoms with E-state index in [1.165, 1.54) is 5.57 Å². The number of rotatable bonds is 4. The van der Waals surface area contributed by atoms with Gasteiger partial charge in [0.2, 0.25) is 5.91 Å². The first-order chi connectivity index (χ1) is 6.65. The number of methoxy groups -OCH3 is 1. The second kappa shape index (κ2) is 5.12. The molecule has 1 amide bonds. The van der Waals surface area contributed by atoms with Crippen LogP contribution in [0.3, 0.4) is 0 Å². The lowest BCUT2D eigenvalue weighted by Gasteiger charge is -2.22. The first-order valence-corrected chi connectivity index (χ1v) is 4.84. The fourth-order valence-electron chi connectivity index (χ4n) is 1.30. The Labute approximate surface area is 84.7 Å². The quantitative estimate of drug-likeness (QED) is 0.628. The Morgan fingerprint density at radius 2 is 2.29 bits per heavy atom. The molecule has 1 heterocycles. The van der Waals surface area contributed by atoms with E-state index in [0.29, 0.717) is 6.61 Å². The van der Waals surface area contributed by atoms with Crippen LogP contribution < -0.4 is 10.6 Å². The molecule has 1 aliphatic rings. The van der Waals surface area contributed by atoms with E-state index in [0.717, 1.165) is 18.7 Å². The van der Waals surface area contributed by atoms with Crippen molar-refractivity contribution in [1.29, 1.82) is 0 Å². The van der Waals surface area contributed by atoms with E-state index in [-0.39, 0.29) is 11.9 Å². The molecule has 0 saturated carbocycles. The smallest absolute Gasteiger partial charge is 0.247 e. The van der Waals surface area contributed by atoms with E-state index in [1.807, 2.05) is 13.8 Å². The minimum atomic E-state index is 0.0195. The van der Waals surface area contributed by atoms with Gasteiger partial charge in [-0.05, 0) is 19.4 Å². The molecule has 1 aliphatic heterocycles. The molecule has 14 heavy (non-hydrogen) atoms. The van der Waals surface area contributed by atoms with Gasteiger partial charge in [-0.25, -0.2) is 0 Å². The number of nitrogens with one attached hydrogen (secondary N) is 2. The lowest BCUT2D eigenvalue weighted by Crippen LogP contribution is -2.40. The van der Waals surface area contributed by atoms with Gasteiger partial charge in [0.05, 0.1) is 6.61 Å². The van der Waals surface area contributed by atoms with E-state index in [4.69, 9.17) is 4.74 Å². The van der Waals surface area contributed by atoms with E-state index in [9.17, 15) is 4.79 Å². The van der Waals surface area contributed by atoms with Gasteiger partial charge >= 0.3 is 0 Å². The molecule has 4 heteroatoms. The van der Waals surface area contributed by atoms with Crippen molar-refractivity contribution in [2.45, 2.75) is 19.9 Å². The van der Waals surface area contributed by atoms with Gasteiger partial charge in [0, 0.05) is 31.8 Å². The number of hydrogen-bond acceptors (Lipinski definition) is 3. The molecule has 0 aromatic heterocycles. The maximum atomic E-state index is 11.6. The molecule has 1 fully saturated rings. The van der Waals surface area contributed by atoms with Crippen molar-refractivity contribution in [3.63, 3.8) is 0 Å². The van der Waals surface area contributed by atoms with Gasteiger partial charge in [-0.15, -0.1) is 0 Å². The number of carbonyl (C=O) groups excluding carboxylic acids is 1. The van der Waals surface area contributed by atoms with Crippen LogP contribution in [0, 0.1) is 0 Å². The van der Waals surface area contributed by atoms with E-state index in [1.54, 1.807) is 7.11 Å². The number of ether oxygens (including phenoxy) is 1. The Bertz CT molecular complexity index is 243. The molecule has 1 saturated heterocycles. The van der Waals surface area contributed by atoms with Gasteiger partial charge < -0.3 is 15.4 Å². The highest BCUT2D eigenvalue weighted by molar-refractivity contribution is 5.94. The first-order valence-electron chi connectivity index (χ1n) is 4.84. The van der Waals surface area contributed by atoms with Crippen molar-refractivity contribution in [2.24, 2.45) is 0 Å². The summed E-state index contributed by atoms with van der Waals surface area (Å²) in [7, 11) is 1.63. The van der Waals surface area contributed by atoms with Crippen LogP contribution in [0.25, 0.3) is 0 Å². The average Bonchev–Trinajstić information content (AvgIpc) is 2.01. The summed E-state index contributed by atoms with van der Waals surface area (Å²) in [5.74, 6) is 0.0195. The molecule has 0 spiro atoms. The largest absolute Gasteiger partial charge is 0.383 e. The molecule has 1 rings (SSSR count). The number of amides is 1. The summed E-state index contributed by atoms with van der Waals surface area (Å²) in [6, 6.07) is 0.0658. The third-order valence-electron chi connectivity index (χ3n) is 2.34. The van der Waals surface area contributed by atoms with Crippen molar-refractivity contribution in [2.75, 3.05) is 26.8 Å². The molecule has 4 nitrogen and oxygen atoms in total. The topological polar surface area (TPSA) is 50.4 Å². The molecular weight excluding hydrogens is 180 g/mol. The van der Waals surface area contributed by atoms with Gasteiger partial charge in [0.25, 0.3) is 0 Å². The molecule has 80 valence electrons. The maximum Gasteiger partial charge on any atom is 0.247 e. The Morgan fingerprint density at radius 1 is 1.64 bits per heavy atom. The van der Waals surface area contributed by atoms with E-state index >= 15 is 0 Å². The molecule has 2 N–H and O–H groups in total. The fourth-order valence-corrected chi connectivity index (χ4v) is 1.30. The van der Waals surface area contributed by atoms with Crippen molar-refractivity contribution in [1.82, 2.24) is 10.6 Å². The predicted molar refractivity (Wildman–Crippen MR) is 55.1 cm³/mol. The van der Waals surface area contributed by atoms with Crippen molar-refractivity contribution >= 4 is 5.91 Å². The monoisotopic (exact) mass is 198 g/mol. The Hall–Kier alpha value is -0.870. The normalized spacial score (nSPS) is 17.2. The van der Waals surface area contributed by atoms with E-state index in [2.05, 4.69) is 10.6 Å². The molecule has 0 aromatic rings. The fraction of sp³-hybridized carbons (Fsp3) is 0.700. The highest BCUT2D eigenvalue weighted by Gasteiger charge is 2.16. The van der Waals surface area contributed by atoms with Crippen molar-refractivity contribution in [3.05, 3.63) is 11.1 Å². The predicted octanol–water partition coefficient (Wildman–Crippen LogP) is 0.0572. The minimum absolute atomic E-state index is 0.0195. The van der Waals surface area contributed by atoms with Crippen LogP contribution in [-0.2, 0) is 9.53 Å². The van der Waals surface area contributed by atoms with Crippen LogP contribution in [0.5, 0.6) is 0 Å². The third kappa shape index (κ3) is 2.82. The Morgan fingerprint density at radius 3 is 2.71 bits per heavy atom. The van der Waals surface area contributed by atoms with Crippen LogP contribution in [0.2, 0.25) is 0 Å². The van der Waals surface area contributed by atoms with Gasteiger partial charge in [-0.3, -0.25) is 4.79 Å². The van der Waals surface area contributed by atoms with Gasteiger partial charge in [-0.1, -0.05) is 0 Å². The Balaban J connectivity index is 2.41. The standard InChI is InChI=1S/C10H18N2O2/c1-7(6-14-3)12-10(13)8(2)9-4-11-5-9/h7,11H,4-6H2,1-3H3,(H,12,13). The second-order valence-electron chi connectivity index (χ2n) is 3.66. The van der Waals surface area contributed by atoms with Crippen LogP contribution >= 0.6 is 0 Å². The molecule has 1 unspecified atom stereocenters. The zero-order chi connectivity index (χ0) is 10.6. The van der Waals surface area contributed by atoms with E-state index < -0.39 is 0 Å². The molecule has 0 aromatic carbocycles. The third-order valence-corrected chi connectivity index (χ3v) is 2.34. The molecule has 0 radical (unpaired) electrons. The van der Waals surface area contributed by atoms with Gasteiger partial charge in [0.15, 0.2) is 0 Å². The molecular formula is C10H18N2O2. The summed E-state index contributed by atoms with van der Waals surface area (Å²) >= 11 is 0.